The van der Waals surface area contributed by atoms with Crippen LogP contribution < -0.4 is 5.73 Å². The summed E-state index contributed by atoms with van der Waals surface area (Å²) < 4.78 is 0. The summed E-state index contributed by atoms with van der Waals surface area (Å²) in [6.45, 7) is 2.27. The van der Waals surface area contributed by atoms with Crippen LogP contribution in [0.4, 0.5) is 5.69 Å². The average Bonchev–Trinajstić information content (AvgIpc) is 2.68. The highest BCUT2D eigenvalue weighted by atomic mass is 14.6. The van der Waals surface area contributed by atoms with Crippen LogP contribution in [0.25, 0.3) is 0 Å². The predicted octanol–water partition coefficient (Wildman–Crippen LogP) is 2.39. The topological polar surface area (TPSA) is 26.0 Å². The van der Waals surface area contributed by atoms with E-state index in [0.717, 1.165) is 17.5 Å². The molecule has 1 aliphatic carbocycles. The van der Waals surface area contributed by atoms with Crippen molar-refractivity contribution in [2.75, 3.05) is 5.73 Å². The maximum absolute atomic E-state index is 5.82. The molecule has 11 heavy (non-hydrogen) atoms. The van der Waals surface area contributed by atoms with E-state index < -0.39 is 0 Å². The first kappa shape index (κ1) is 6.71. The van der Waals surface area contributed by atoms with Crippen LogP contribution >= 0.6 is 0 Å². The number of hydrogen-bond acceptors (Lipinski definition) is 1. The maximum Gasteiger partial charge on any atom is 0.0349 e. The van der Waals surface area contributed by atoms with Gasteiger partial charge in [0.15, 0.2) is 0 Å². The van der Waals surface area contributed by atoms with Crippen molar-refractivity contribution in [3.05, 3.63) is 29.8 Å². The van der Waals surface area contributed by atoms with Crippen LogP contribution in [0.3, 0.4) is 0 Å². The van der Waals surface area contributed by atoms with E-state index in [-0.39, 0.29) is 0 Å². The highest BCUT2D eigenvalue weighted by molar-refractivity contribution is 5.50. The molecule has 0 amide bonds. The van der Waals surface area contributed by atoms with Gasteiger partial charge in [0.2, 0.25) is 0 Å². The Labute approximate surface area is 67.2 Å². The highest BCUT2D eigenvalue weighted by Crippen LogP contribution is 2.48. The molecule has 0 spiro atoms. The second-order valence-corrected chi connectivity index (χ2v) is 3.45. The van der Waals surface area contributed by atoms with Gasteiger partial charge in [-0.2, -0.15) is 0 Å². The van der Waals surface area contributed by atoms with Crippen molar-refractivity contribution in [2.45, 2.75) is 19.3 Å². The number of benzene rings is 1. The van der Waals surface area contributed by atoms with Crippen molar-refractivity contribution in [1.29, 1.82) is 0 Å². The van der Waals surface area contributed by atoms with E-state index in [0.29, 0.717) is 0 Å². The summed E-state index contributed by atoms with van der Waals surface area (Å²) >= 11 is 0. The summed E-state index contributed by atoms with van der Waals surface area (Å²) in [5, 5.41) is 0. The number of rotatable bonds is 1. The van der Waals surface area contributed by atoms with Crippen molar-refractivity contribution in [3.63, 3.8) is 0 Å². The van der Waals surface area contributed by atoms with Gasteiger partial charge in [0, 0.05) is 5.69 Å². The minimum absolute atomic E-state index is 0.746. The first-order chi connectivity index (χ1) is 5.29. The summed E-state index contributed by atoms with van der Waals surface area (Å²) in [5.41, 5.74) is 8.13. The lowest BCUT2D eigenvalue weighted by molar-refractivity contribution is 0.916. The zero-order chi connectivity index (χ0) is 7.84. The van der Waals surface area contributed by atoms with E-state index in [1.807, 2.05) is 12.1 Å². The monoisotopic (exact) mass is 147 g/mol. The number of nitrogens with two attached hydrogens (primary N) is 1. The SMILES string of the molecule is C[C@@H]1C[C@H]1c1ccccc1N. The number of anilines is 1. The minimum Gasteiger partial charge on any atom is -0.398 e. The third-order valence-corrected chi connectivity index (χ3v) is 2.50. The van der Waals surface area contributed by atoms with E-state index in [2.05, 4.69) is 19.1 Å². The largest absolute Gasteiger partial charge is 0.398 e. The van der Waals surface area contributed by atoms with Crippen molar-refractivity contribution in [3.8, 4) is 0 Å². The summed E-state index contributed by atoms with van der Waals surface area (Å²) in [6, 6.07) is 8.19. The molecular formula is C10H13N. The Morgan fingerprint density at radius 2 is 2.00 bits per heavy atom. The Morgan fingerprint density at radius 3 is 2.55 bits per heavy atom. The summed E-state index contributed by atoms with van der Waals surface area (Å²) in [4.78, 5) is 0. The molecule has 1 aromatic rings. The van der Waals surface area contributed by atoms with Gasteiger partial charge in [0.1, 0.15) is 0 Å². The molecule has 0 aromatic heterocycles. The molecule has 1 heteroatoms. The lowest BCUT2D eigenvalue weighted by Crippen LogP contribution is -1.91. The molecular weight excluding hydrogens is 134 g/mol. The van der Waals surface area contributed by atoms with Crippen LogP contribution in [0.2, 0.25) is 0 Å². The second kappa shape index (κ2) is 2.26. The molecule has 58 valence electrons. The first-order valence-electron chi connectivity index (χ1n) is 4.13. The normalized spacial score (nSPS) is 28.5. The van der Waals surface area contributed by atoms with Gasteiger partial charge in [-0.3, -0.25) is 0 Å². The van der Waals surface area contributed by atoms with Gasteiger partial charge in [0.25, 0.3) is 0 Å². The quantitative estimate of drug-likeness (QED) is 0.606. The van der Waals surface area contributed by atoms with Crippen LogP contribution in [0.5, 0.6) is 0 Å². The molecule has 2 atom stereocenters. The highest BCUT2D eigenvalue weighted by Gasteiger charge is 2.34. The molecule has 1 nitrogen and oxygen atoms in total. The molecule has 2 rings (SSSR count). The summed E-state index contributed by atoms with van der Waals surface area (Å²) in [7, 11) is 0. The average molecular weight is 147 g/mol. The van der Waals surface area contributed by atoms with Crippen molar-refractivity contribution in [2.24, 2.45) is 5.92 Å². The fourth-order valence-corrected chi connectivity index (χ4v) is 1.60. The standard InChI is InChI=1S/C10H13N/c1-7-6-9(7)8-4-2-3-5-10(8)11/h2-5,7,9H,6,11H2,1H3/t7-,9-/m1/s1. The molecule has 0 heterocycles. The van der Waals surface area contributed by atoms with Gasteiger partial charge in [-0.25, -0.2) is 0 Å². The molecule has 2 N–H and O–H groups in total. The van der Waals surface area contributed by atoms with Gasteiger partial charge in [-0.15, -0.1) is 0 Å². The molecule has 1 saturated carbocycles. The molecule has 0 aliphatic heterocycles. The molecule has 0 radical (unpaired) electrons. The van der Waals surface area contributed by atoms with Gasteiger partial charge >= 0.3 is 0 Å². The van der Waals surface area contributed by atoms with Crippen LogP contribution in [0.15, 0.2) is 24.3 Å². The Balaban J connectivity index is 2.31. The van der Waals surface area contributed by atoms with Crippen molar-refractivity contribution < 1.29 is 0 Å². The third-order valence-electron chi connectivity index (χ3n) is 2.50. The van der Waals surface area contributed by atoms with Crippen molar-refractivity contribution >= 4 is 5.69 Å². The maximum atomic E-state index is 5.82. The molecule has 1 aliphatic rings. The third kappa shape index (κ3) is 1.11. The Bertz CT molecular complexity index is 267. The van der Waals surface area contributed by atoms with Gasteiger partial charge in [-0.05, 0) is 29.9 Å². The Morgan fingerprint density at radius 1 is 1.36 bits per heavy atom. The number of para-hydroxylation sites is 1. The van der Waals surface area contributed by atoms with E-state index in [4.69, 9.17) is 5.73 Å². The molecule has 0 unspecified atom stereocenters. The van der Waals surface area contributed by atoms with E-state index >= 15 is 0 Å². The fourth-order valence-electron chi connectivity index (χ4n) is 1.60. The second-order valence-electron chi connectivity index (χ2n) is 3.45. The van der Waals surface area contributed by atoms with Crippen LogP contribution in [-0.2, 0) is 0 Å². The minimum atomic E-state index is 0.746. The van der Waals surface area contributed by atoms with Gasteiger partial charge in [-0.1, -0.05) is 25.1 Å². The number of nitrogen functional groups attached to an aromatic ring is 1. The fraction of sp³-hybridized carbons (Fsp3) is 0.400. The van der Waals surface area contributed by atoms with Crippen molar-refractivity contribution in [1.82, 2.24) is 0 Å². The van der Waals surface area contributed by atoms with E-state index in [1.54, 1.807) is 0 Å². The molecule has 1 aromatic carbocycles. The lowest BCUT2D eigenvalue weighted by Gasteiger charge is -2.01. The summed E-state index contributed by atoms with van der Waals surface area (Å²) in [5.74, 6) is 1.59. The Kier molecular flexibility index (Phi) is 1.38. The first-order valence-corrected chi connectivity index (χ1v) is 4.13. The molecule has 0 bridgehead atoms. The zero-order valence-electron chi connectivity index (χ0n) is 6.75. The molecule has 0 saturated heterocycles. The van der Waals surface area contributed by atoms with E-state index in [1.165, 1.54) is 12.0 Å². The zero-order valence-corrected chi connectivity index (χ0v) is 6.75. The van der Waals surface area contributed by atoms with Crippen LogP contribution in [0, 0.1) is 5.92 Å². The number of hydrogen-bond donors (Lipinski definition) is 1. The predicted molar refractivity (Wildman–Crippen MR) is 47.4 cm³/mol. The van der Waals surface area contributed by atoms with Crippen LogP contribution in [-0.4, -0.2) is 0 Å². The van der Waals surface area contributed by atoms with Gasteiger partial charge < -0.3 is 5.73 Å². The van der Waals surface area contributed by atoms with Crippen LogP contribution in [0.1, 0.15) is 24.8 Å². The van der Waals surface area contributed by atoms with Gasteiger partial charge in [0.05, 0.1) is 0 Å². The summed E-state index contributed by atoms with van der Waals surface area (Å²) in [6.07, 6.45) is 1.31. The smallest absolute Gasteiger partial charge is 0.0349 e. The molecule has 1 fully saturated rings. The lowest BCUT2D eigenvalue weighted by atomic mass is 10.1. The Hall–Kier alpha value is -0.980. The van der Waals surface area contributed by atoms with E-state index in [9.17, 15) is 0 Å².